The lowest BCUT2D eigenvalue weighted by atomic mass is 10.1. The fourth-order valence-corrected chi connectivity index (χ4v) is 3.26. The molecular formula is C19H18N2O3. The first kappa shape index (κ1) is 14.8. The first-order valence-electron chi connectivity index (χ1n) is 8.24. The van der Waals surface area contributed by atoms with Gasteiger partial charge in [0.05, 0.1) is 4.92 Å². The zero-order valence-electron chi connectivity index (χ0n) is 13.3. The zero-order valence-corrected chi connectivity index (χ0v) is 13.3. The van der Waals surface area contributed by atoms with E-state index in [1.54, 1.807) is 12.1 Å². The number of rotatable bonds is 3. The SMILES string of the molecule is O=[N+]([O-])c1ccc(-c2cc3ccc(N4CCCCC4)cc3o2)cc1. The third-order valence-corrected chi connectivity index (χ3v) is 4.59. The highest BCUT2D eigenvalue weighted by Gasteiger charge is 2.14. The van der Waals surface area contributed by atoms with E-state index in [1.807, 2.05) is 6.07 Å². The van der Waals surface area contributed by atoms with E-state index in [1.165, 1.54) is 37.1 Å². The molecule has 0 saturated carbocycles. The van der Waals surface area contributed by atoms with Crippen molar-refractivity contribution >= 4 is 22.3 Å². The number of fused-ring (bicyclic) bond motifs is 1. The lowest BCUT2D eigenvalue weighted by Gasteiger charge is -2.28. The van der Waals surface area contributed by atoms with Crippen molar-refractivity contribution in [3.63, 3.8) is 0 Å². The Morgan fingerprint density at radius 3 is 2.42 bits per heavy atom. The van der Waals surface area contributed by atoms with E-state index in [0.29, 0.717) is 0 Å². The number of piperidine rings is 1. The van der Waals surface area contributed by atoms with Gasteiger partial charge in [0.1, 0.15) is 11.3 Å². The maximum absolute atomic E-state index is 10.8. The molecule has 2 aromatic carbocycles. The molecule has 0 bridgehead atoms. The summed E-state index contributed by atoms with van der Waals surface area (Å²) >= 11 is 0. The summed E-state index contributed by atoms with van der Waals surface area (Å²) < 4.78 is 5.99. The third-order valence-electron chi connectivity index (χ3n) is 4.59. The van der Waals surface area contributed by atoms with Crippen LogP contribution in [0.25, 0.3) is 22.3 Å². The number of anilines is 1. The highest BCUT2D eigenvalue weighted by Crippen LogP contribution is 2.32. The van der Waals surface area contributed by atoms with Crippen molar-refractivity contribution in [3.05, 3.63) is 58.6 Å². The second-order valence-corrected chi connectivity index (χ2v) is 6.18. The van der Waals surface area contributed by atoms with Gasteiger partial charge in [0, 0.05) is 47.9 Å². The third kappa shape index (κ3) is 2.73. The molecule has 1 saturated heterocycles. The molecule has 0 spiro atoms. The number of nitro groups is 1. The molecule has 0 atom stereocenters. The standard InChI is InChI=1S/C19H18N2O3/c22-21(23)16-7-4-14(5-8-16)18-12-15-6-9-17(13-19(15)24-18)20-10-2-1-3-11-20/h4-9,12-13H,1-3,10-11H2. The van der Waals surface area contributed by atoms with Crippen molar-refractivity contribution in [3.8, 4) is 11.3 Å². The van der Waals surface area contributed by atoms with Crippen LogP contribution in [-0.2, 0) is 0 Å². The molecule has 122 valence electrons. The van der Waals surface area contributed by atoms with Crippen LogP contribution in [0.1, 0.15) is 19.3 Å². The molecule has 1 aromatic heterocycles. The maximum Gasteiger partial charge on any atom is 0.269 e. The molecule has 3 aromatic rings. The van der Waals surface area contributed by atoms with Gasteiger partial charge in [-0.25, -0.2) is 0 Å². The average Bonchev–Trinajstić information content (AvgIpc) is 3.06. The molecule has 1 aliphatic rings. The number of non-ortho nitro benzene ring substituents is 1. The van der Waals surface area contributed by atoms with Gasteiger partial charge in [0.15, 0.2) is 0 Å². The molecule has 0 radical (unpaired) electrons. The van der Waals surface area contributed by atoms with Crippen LogP contribution in [0.15, 0.2) is 52.9 Å². The van der Waals surface area contributed by atoms with Crippen LogP contribution in [0.5, 0.6) is 0 Å². The summed E-state index contributed by atoms with van der Waals surface area (Å²) in [5.41, 5.74) is 2.98. The Kier molecular flexibility index (Phi) is 3.69. The first-order chi connectivity index (χ1) is 11.7. The summed E-state index contributed by atoms with van der Waals surface area (Å²) in [6.45, 7) is 2.20. The van der Waals surface area contributed by atoms with Crippen molar-refractivity contribution in [2.45, 2.75) is 19.3 Å². The summed E-state index contributed by atoms with van der Waals surface area (Å²) in [6.07, 6.45) is 3.79. The van der Waals surface area contributed by atoms with Crippen molar-refractivity contribution in [2.75, 3.05) is 18.0 Å². The predicted molar refractivity (Wildman–Crippen MR) is 94.4 cm³/mol. The van der Waals surface area contributed by atoms with Crippen molar-refractivity contribution in [1.82, 2.24) is 0 Å². The highest BCUT2D eigenvalue weighted by atomic mass is 16.6. The minimum absolute atomic E-state index is 0.0854. The van der Waals surface area contributed by atoms with Crippen molar-refractivity contribution < 1.29 is 9.34 Å². The maximum atomic E-state index is 10.8. The quantitative estimate of drug-likeness (QED) is 0.503. The Labute approximate surface area is 139 Å². The molecule has 5 heteroatoms. The number of benzene rings is 2. The molecule has 1 aliphatic heterocycles. The van der Waals surface area contributed by atoms with E-state index >= 15 is 0 Å². The van der Waals surface area contributed by atoms with Gasteiger partial charge in [-0.15, -0.1) is 0 Å². The van der Waals surface area contributed by atoms with Crippen LogP contribution in [-0.4, -0.2) is 18.0 Å². The van der Waals surface area contributed by atoms with E-state index in [9.17, 15) is 10.1 Å². The van der Waals surface area contributed by atoms with Gasteiger partial charge in [0.25, 0.3) is 5.69 Å². The van der Waals surface area contributed by atoms with Crippen LogP contribution in [0, 0.1) is 10.1 Å². The summed E-state index contributed by atoms with van der Waals surface area (Å²) in [5.74, 6) is 0.732. The molecule has 2 heterocycles. The summed E-state index contributed by atoms with van der Waals surface area (Å²) in [6, 6.07) is 14.7. The fourth-order valence-electron chi connectivity index (χ4n) is 3.26. The second kappa shape index (κ2) is 6.00. The molecule has 0 aliphatic carbocycles. The Bertz CT molecular complexity index is 877. The minimum atomic E-state index is -0.396. The van der Waals surface area contributed by atoms with Gasteiger partial charge < -0.3 is 9.32 Å². The Hall–Kier alpha value is -2.82. The van der Waals surface area contributed by atoms with E-state index < -0.39 is 4.92 Å². The van der Waals surface area contributed by atoms with E-state index in [-0.39, 0.29) is 5.69 Å². The Morgan fingerprint density at radius 1 is 0.958 bits per heavy atom. The fraction of sp³-hybridized carbons (Fsp3) is 0.263. The summed E-state index contributed by atoms with van der Waals surface area (Å²) in [4.78, 5) is 12.8. The number of nitro benzene ring substituents is 1. The molecule has 0 N–H and O–H groups in total. The number of nitrogens with zero attached hydrogens (tertiary/aromatic N) is 2. The van der Waals surface area contributed by atoms with Crippen LogP contribution in [0.3, 0.4) is 0 Å². The van der Waals surface area contributed by atoms with Gasteiger partial charge >= 0.3 is 0 Å². The molecule has 4 rings (SSSR count). The van der Waals surface area contributed by atoms with Gasteiger partial charge in [-0.1, -0.05) is 0 Å². The minimum Gasteiger partial charge on any atom is -0.456 e. The molecule has 5 nitrogen and oxygen atoms in total. The molecular weight excluding hydrogens is 304 g/mol. The van der Waals surface area contributed by atoms with Crippen LogP contribution in [0.2, 0.25) is 0 Å². The summed E-state index contributed by atoms with van der Waals surface area (Å²) in [7, 11) is 0. The van der Waals surface area contributed by atoms with Crippen molar-refractivity contribution in [1.29, 1.82) is 0 Å². The van der Waals surface area contributed by atoms with E-state index in [4.69, 9.17) is 4.42 Å². The Balaban J connectivity index is 1.66. The van der Waals surface area contributed by atoms with Gasteiger partial charge in [-0.3, -0.25) is 10.1 Å². The monoisotopic (exact) mass is 322 g/mol. The van der Waals surface area contributed by atoms with Crippen LogP contribution in [0.4, 0.5) is 11.4 Å². The highest BCUT2D eigenvalue weighted by molar-refractivity contribution is 5.85. The number of hydrogen-bond donors (Lipinski definition) is 0. The largest absolute Gasteiger partial charge is 0.456 e. The van der Waals surface area contributed by atoms with E-state index in [2.05, 4.69) is 23.1 Å². The lowest BCUT2D eigenvalue weighted by Crippen LogP contribution is -2.29. The number of hydrogen-bond acceptors (Lipinski definition) is 4. The van der Waals surface area contributed by atoms with Crippen LogP contribution >= 0.6 is 0 Å². The van der Waals surface area contributed by atoms with Crippen molar-refractivity contribution in [2.24, 2.45) is 0 Å². The number of furan rings is 1. The normalized spacial score (nSPS) is 14.9. The molecule has 24 heavy (non-hydrogen) atoms. The second-order valence-electron chi connectivity index (χ2n) is 6.18. The van der Waals surface area contributed by atoms with Gasteiger partial charge in [0.2, 0.25) is 0 Å². The topological polar surface area (TPSA) is 59.5 Å². The molecule has 1 fully saturated rings. The van der Waals surface area contributed by atoms with Crippen LogP contribution < -0.4 is 4.90 Å². The van der Waals surface area contributed by atoms with Gasteiger partial charge in [-0.05, 0) is 49.6 Å². The molecule has 0 unspecified atom stereocenters. The smallest absolute Gasteiger partial charge is 0.269 e. The lowest BCUT2D eigenvalue weighted by molar-refractivity contribution is -0.384. The average molecular weight is 322 g/mol. The molecule has 0 amide bonds. The predicted octanol–water partition coefficient (Wildman–Crippen LogP) is 5.00. The zero-order chi connectivity index (χ0) is 16.5. The Morgan fingerprint density at radius 2 is 1.71 bits per heavy atom. The van der Waals surface area contributed by atoms with Gasteiger partial charge in [-0.2, -0.15) is 0 Å². The summed E-state index contributed by atoms with van der Waals surface area (Å²) in [5, 5.41) is 11.8. The van der Waals surface area contributed by atoms with E-state index in [0.717, 1.165) is 35.4 Å². The first-order valence-corrected chi connectivity index (χ1v) is 8.24.